The van der Waals surface area contributed by atoms with E-state index in [9.17, 15) is 14.0 Å². The van der Waals surface area contributed by atoms with Crippen molar-refractivity contribution in [3.8, 4) is 0 Å². The van der Waals surface area contributed by atoms with Crippen LogP contribution in [0.5, 0.6) is 0 Å². The summed E-state index contributed by atoms with van der Waals surface area (Å²) in [6.45, 7) is -0.184. The third-order valence-electron chi connectivity index (χ3n) is 3.25. The number of nitrogens with one attached hydrogen (secondary N) is 1. The molecule has 2 rings (SSSR count). The second kappa shape index (κ2) is 7.41. The zero-order valence-electron chi connectivity index (χ0n) is 12.0. The quantitative estimate of drug-likeness (QED) is 0.529. The van der Waals surface area contributed by atoms with E-state index in [2.05, 4.69) is 41.9 Å². The molecule has 1 aromatic carbocycles. The van der Waals surface area contributed by atoms with Crippen LogP contribution < -0.4 is 5.32 Å². The fourth-order valence-corrected chi connectivity index (χ4v) is 2.76. The Balaban J connectivity index is 2.39. The number of hydrogen-bond acceptors (Lipinski definition) is 5. The third-order valence-corrected chi connectivity index (χ3v) is 5.22. The van der Waals surface area contributed by atoms with E-state index < -0.39 is 17.7 Å². The van der Waals surface area contributed by atoms with Gasteiger partial charge in [0.15, 0.2) is 5.82 Å². The first-order valence-electron chi connectivity index (χ1n) is 6.52. The van der Waals surface area contributed by atoms with Crippen molar-refractivity contribution in [3.63, 3.8) is 0 Å². The van der Waals surface area contributed by atoms with Crippen molar-refractivity contribution in [2.45, 2.75) is 0 Å². The fourth-order valence-electron chi connectivity index (χ4n) is 2.11. The summed E-state index contributed by atoms with van der Waals surface area (Å²) < 4.78 is 19.6. The van der Waals surface area contributed by atoms with Gasteiger partial charge in [-0.25, -0.2) is 9.18 Å². The Morgan fingerprint density at radius 1 is 1.48 bits per heavy atom. The molecule has 1 aliphatic heterocycles. The Hall–Kier alpha value is -1.45. The van der Waals surface area contributed by atoms with Crippen molar-refractivity contribution >= 4 is 49.4 Å². The SMILES string of the molecule is COC(=O)C1=C(Nc2ccc(Br)c(Br)c2F)C(=O)N(CCO)C1. The van der Waals surface area contributed by atoms with Crippen LogP contribution in [0.3, 0.4) is 0 Å². The summed E-state index contributed by atoms with van der Waals surface area (Å²) in [4.78, 5) is 25.5. The van der Waals surface area contributed by atoms with Crippen LogP contribution in [-0.4, -0.2) is 48.7 Å². The van der Waals surface area contributed by atoms with Gasteiger partial charge in [0.1, 0.15) is 5.70 Å². The van der Waals surface area contributed by atoms with E-state index in [1.165, 1.54) is 18.1 Å². The van der Waals surface area contributed by atoms with Gasteiger partial charge in [-0.3, -0.25) is 4.79 Å². The zero-order valence-corrected chi connectivity index (χ0v) is 15.2. The van der Waals surface area contributed by atoms with Crippen LogP contribution in [0.25, 0.3) is 0 Å². The lowest BCUT2D eigenvalue weighted by atomic mass is 10.2. The molecule has 0 bridgehead atoms. The number of aliphatic hydroxyl groups excluding tert-OH is 1. The monoisotopic (exact) mass is 450 g/mol. The number of ether oxygens (including phenoxy) is 1. The highest BCUT2D eigenvalue weighted by molar-refractivity contribution is 9.13. The maximum absolute atomic E-state index is 14.3. The Morgan fingerprint density at radius 2 is 2.17 bits per heavy atom. The number of β-amino-alcohol motifs (C(OH)–C–C–N with tert-alkyl or cyclic N) is 1. The van der Waals surface area contributed by atoms with Gasteiger partial charge in [0.2, 0.25) is 0 Å². The molecular weight excluding hydrogens is 439 g/mol. The van der Waals surface area contributed by atoms with Gasteiger partial charge in [0.05, 0.1) is 36.0 Å². The summed E-state index contributed by atoms with van der Waals surface area (Å²) >= 11 is 6.27. The van der Waals surface area contributed by atoms with Crippen molar-refractivity contribution in [2.75, 3.05) is 32.1 Å². The molecule has 0 unspecified atom stereocenters. The minimum absolute atomic E-state index is 0.00623. The van der Waals surface area contributed by atoms with Gasteiger partial charge in [-0.15, -0.1) is 0 Å². The second-order valence-corrected chi connectivity index (χ2v) is 6.29. The highest BCUT2D eigenvalue weighted by atomic mass is 79.9. The van der Waals surface area contributed by atoms with Crippen LogP contribution in [0.1, 0.15) is 0 Å². The van der Waals surface area contributed by atoms with Crippen molar-refractivity contribution in [3.05, 3.63) is 38.2 Å². The fraction of sp³-hybridized carbons (Fsp3) is 0.286. The number of amides is 1. The van der Waals surface area contributed by atoms with E-state index in [0.717, 1.165) is 0 Å². The third kappa shape index (κ3) is 3.56. The van der Waals surface area contributed by atoms with E-state index in [1.54, 1.807) is 6.07 Å². The van der Waals surface area contributed by atoms with E-state index >= 15 is 0 Å². The summed E-state index contributed by atoms with van der Waals surface area (Å²) in [6.07, 6.45) is 0. The lowest BCUT2D eigenvalue weighted by molar-refractivity contribution is -0.136. The topological polar surface area (TPSA) is 78.9 Å². The summed E-state index contributed by atoms with van der Waals surface area (Å²) in [5.74, 6) is -1.79. The Bertz CT molecular complexity index is 694. The molecule has 0 fully saturated rings. The standard InChI is InChI=1S/C14H13Br2FN2O4/c1-23-14(22)7-6-19(4-5-20)13(21)12(7)18-9-3-2-8(15)10(16)11(9)17/h2-3,18,20H,4-6H2,1H3. The number of carbonyl (C=O) groups is 2. The zero-order chi connectivity index (χ0) is 17.1. The molecule has 1 aromatic rings. The smallest absolute Gasteiger partial charge is 0.337 e. The summed E-state index contributed by atoms with van der Waals surface area (Å²) in [6, 6.07) is 3.03. The van der Waals surface area contributed by atoms with Gasteiger partial charge in [0, 0.05) is 11.0 Å². The molecule has 0 spiro atoms. The van der Waals surface area contributed by atoms with Crippen LogP contribution in [-0.2, 0) is 14.3 Å². The molecule has 0 aromatic heterocycles. The highest BCUT2D eigenvalue weighted by Gasteiger charge is 2.34. The minimum atomic E-state index is -0.683. The number of halogens is 3. The number of hydrogen-bond donors (Lipinski definition) is 2. The molecule has 2 N–H and O–H groups in total. The molecule has 0 aliphatic carbocycles. The molecule has 23 heavy (non-hydrogen) atoms. The van der Waals surface area contributed by atoms with Crippen LogP contribution in [0.4, 0.5) is 10.1 Å². The van der Waals surface area contributed by atoms with Crippen LogP contribution >= 0.6 is 31.9 Å². The first-order chi connectivity index (χ1) is 10.9. The van der Waals surface area contributed by atoms with Crippen molar-refractivity contribution in [2.24, 2.45) is 0 Å². The number of rotatable bonds is 5. The minimum Gasteiger partial charge on any atom is -0.466 e. The predicted molar refractivity (Wildman–Crippen MR) is 88.1 cm³/mol. The van der Waals surface area contributed by atoms with Crippen LogP contribution in [0.2, 0.25) is 0 Å². The lowest BCUT2D eigenvalue weighted by Crippen LogP contribution is -2.31. The number of aliphatic hydroxyl groups is 1. The normalized spacial score (nSPS) is 14.5. The van der Waals surface area contributed by atoms with Gasteiger partial charge in [-0.1, -0.05) is 0 Å². The van der Waals surface area contributed by atoms with E-state index in [0.29, 0.717) is 4.47 Å². The average Bonchev–Trinajstić information content (AvgIpc) is 2.84. The van der Waals surface area contributed by atoms with Crippen molar-refractivity contribution in [1.29, 1.82) is 0 Å². The maximum Gasteiger partial charge on any atom is 0.337 e. The second-order valence-electron chi connectivity index (χ2n) is 4.64. The Morgan fingerprint density at radius 3 is 2.78 bits per heavy atom. The first-order valence-corrected chi connectivity index (χ1v) is 8.11. The Kier molecular flexibility index (Phi) is 5.77. The molecule has 124 valence electrons. The van der Waals surface area contributed by atoms with Crippen LogP contribution in [0, 0.1) is 5.82 Å². The van der Waals surface area contributed by atoms with Crippen molar-refractivity contribution in [1.82, 2.24) is 4.90 Å². The molecule has 9 heteroatoms. The van der Waals surface area contributed by atoms with Gasteiger partial charge >= 0.3 is 5.97 Å². The van der Waals surface area contributed by atoms with Crippen molar-refractivity contribution < 1.29 is 23.8 Å². The largest absolute Gasteiger partial charge is 0.466 e. The Labute approximate surface area is 148 Å². The number of esters is 1. The van der Waals surface area contributed by atoms with Crippen LogP contribution in [0.15, 0.2) is 32.3 Å². The molecule has 0 radical (unpaired) electrons. The maximum atomic E-state index is 14.3. The molecule has 0 saturated carbocycles. The summed E-state index contributed by atoms with van der Waals surface area (Å²) in [5.41, 5.74) is 0.0680. The summed E-state index contributed by atoms with van der Waals surface area (Å²) in [5, 5.41) is 11.7. The molecule has 1 heterocycles. The lowest BCUT2D eigenvalue weighted by Gasteiger charge is -2.15. The molecule has 0 atom stereocenters. The van der Waals surface area contributed by atoms with E-state index in [1.807, 2.05) is 0 Å². The molecular formula is C14H13Br2FN2O4. The highest BCUT2D eigenvalue weighted by Crippen LogP contribution is 2.32. The number of methoxy groups -OCH3 is 1. The molecule has 0 saturated heterocycles. The van der Waals surface area contributed by atoms with E-state index in [-0.39, 0.29) is 41.1 Å². The predicted octanol–water partition coefficient (Wildman–Crippen LogP) is 2.02. The van der Waals surface area contributed by atoms with Gasteiger partial charge in [-0.2, -0.15) is 0 Å². The first kappa shape index (κ1) is 17.9. The number of nitrogens with zero attached hydrogens (tertiary/aromatic N) is 1. The van der Waals surface area contributed by atoms with Gasteiger partial charge < -0.3 is 20.1 Å². The summed E-state index contributed by atoms with van der Waals surface area (Å²) in [7, 11) is 1.20. The molecule has 6 nitrogen and oxygen atoms in total. The number of benzene rings is 1. The average molecular weight is 452 g/mol. The van der Waals surface area contributed by atoms with E-state index in [4.69, 9.17) is 5.11 Å². The van der Waals surface area contributed by atoms with Gasteiger partial charge in [0.25, 0.3) is 5.91 Å². The van der Waals surface area contributed by atoms with Gasteiger partial charge in [-0.05, 0) is 44.0 Å². The molecule has 1 amide bonds. The number of carbonyl (C=O) groups excluding carboxylic acids is 2. The molecule has 1 aliphatic rings. The number of anilines is 1.